The molecular formula is C14H16F2N2OS. The van der Waals surface area contributed by atoms with Crippen LogP contribution in [0.1, 0.15) is 20.8 Å². The number of nitrogens with zero attached hydrogens (tertiary/aromatic N) is 1. The minimum absolute atomic E-state index is 0.170. The van der Waals surface area contributed by atoms with Gasteiger partial charge in [-0.25, -0.2) is 13.8 Å². The minimum Gasteiger partial charge on any atom is -0.487 e. The Hall–Kier alpha value is -1.69. The molecule has 2 rings (SSSR count). The van der Waals surface area contributed by atoms with Gasteiger partial charge in [0.05, 0.1) is 6.61 Å². The molecule has 108 valence electrons. The number of rotatable bonds is 4. The summed E-state index contributed by atoms with van der Waals surface area (Å²) in [6.45, 7) is 6.03. The van der Waals surface area contributed by atoms with Crippen LogP contribution in [0.5, 0.6) is 5.75 Å². The van der Waals surface area contributed by atoms with Crippen molar-refractivity contribution >= 4 is 22.2 Å². The zero-order chi connectivity index (χ0) is 14.8. The summed E-state index contributed by atoms with van der Waals surface area (Å²) < 4.78 is 33.0. The minimum atomic E-state index is -0.728. The van der Waals surface area contributed by atoms with E-state index in [1.807, 2.05) is 20.8 Å². The van der Waals surface area contributed by atoms with Crippen LogP contribution in [0, 0.1) is 17.0 Å². The van der Waals surface area contributed by atoms with Crippen molar-refractivity contribution in [1.82, 2.24) is 4.98 Å². The van der Waals surface area contributed by atoms with E-state index in [2.05, 4.69) is 10.3 Å². The molecule has 1 aromatic carbocycles. The molecule has 2 aromatic rings. The van der Waals surface area contributed by atoms with Crippen molar-refractivity contribution in [3.05, 3.63) is 35.3 Å². The van der Waals surface area contributed by atoms with E-state index in [1.165, 1.54) is 23.5 Å². The molecule has 0 aliphatic rings. The largest absolute Gasteiger partial charge is 0.487 e. The second-order valence-electron chi connectivity index (χ2n) is 5.58. The van der Waals surface area contributed by atoms with Crippen LogP contribution in [0.2, 0.25) is 0 Å². The molecule has 3 nitrogen and oxygen atoms in total. The lowest BCUT2D eigenvalue weighted by atomic mass is 9.99. The summed E-state index contributed by atoms with van der Waals surface area (Å²) in [5, 5.41) is 5.19. The zero-order valence-electron chi connectivity index (χ0n) is 11.5. The van der Waals surface area contributed by atoms with Crippen LogP contribution in [0.4, 0.5) is 19.6 Å². The summed E-state index contributed by atoms with van der Waals surface area (Å²) in [5.74, 6) is -1.80. The summed E-state index contributed by atoms with van der Waals surface area (Å²) in [4.78, 5) is 3.99. The van der Waals surface area contributed by atoms with Gasteiger partial charge >= 0.3 is 0 Å². The first kappa shape index (κ1) is 14.7. The van der Waals surface area contributed by atoms with E-state index in [4.69, 9.17) is 4.74 Å². The normalized spacial score (nSPS) is 11.4. The molecule has 1 aromatic heterocycles. The maximum Gasteiger partial charge on any atom is 0.190 e. The van der Waals surface area contributed by atoms with Gasteiger partial charge < -0.3 is 10.1 Å². The number of hydrogen-bond donors (Lipinski definition) is 1. The van der Waals surface area contributed by atoms with E-state index < -0.39 is 11.6 Å². The Morgan fingerprint density at radius 2 is 1.90 bits per heavy atom. The van der Waals surface area contributed by atoms with Crippen molar-refractivity contribution in [2.75, 3.05) is 11.9 Å². The third-order valence-corrected chi connectivity index (χ3v) is 3.02. The number of aromatic nitrogens is 1. The van der Waals surface area contributed by atoms with Gasteiger partial charge in [0.2, 0.25) is 0 Å². The lowest BCUT2D eigenvalue weighted by molar-refractivity contribution is 0.184. The van der Waals surface area contributed by atoms with Crippen molar-refractivity contribution in [1.29, 1.82) is 0 Å². The maximum absolute atomic E-state index is 13.9. The molecule has 0 fully saturated rings. The topological polar surface area (TPSA) is 34.1 Å². The standard InChI is InChI=1S/C14H16F2N2OS/c1-14(2,3)8-19-12-10(15)6-9(7-11(12)16)18-13-17-4-5-20-13/h4-7H,8H2,1-3H3,(H,17,18). The Kier molecular flexibility index (Phi) is 4.23. The fourth-order valence-corrected chi connectivity index (χ4v) is 2.02. The molecule has 1 N–H and O–H groups in total. The Labute approximate surface area is 120 Å². The number of nitrogens with one attached hydrogen (secondary N) is 1. The van der Waals surface area contributed by atoms with Crippen LogP contribution in [0.3, 0.4) is 0 Å². The summed E-state index contributed by atoms with van der Waals surface area (Å²) in [7, 11) is 0. The molecule has 0 radical (unpaired) electrons. The van der Waals surface area contributed by atoms with Crippen LogP contribution in [0.25, 0.3) is 0 Å². The van der Waals surface area contributed by atoms with Gasteiger partial charge in [-0.15, -0.1) is 11.3 Å². The zero-order valence-corrected chi connectivity index (χ0v) is 12.4. The lowest BCUT2D eigenvalue weighted by Crippen LogP contribution is -2.18. The highest BCUT2D eigenvalue weighted by Gasteiger charge is 2.17. The van der Waals surface area contributed by atoms with Crippen molar-refractivity contribution in [2.45, 2.75) is 20.8 Å². The quantitative estimate of drug-likeness (QED) is 0.896. The third-order valence-electron chi connectivity index (χ3n) is 2.33. The fraction of sp³-hybridized carbons (Fsp3) is 0.357. The van der Waals surface area contributed by atoms with Gasteiger partial charge in [-0.3, -0.25) is 0 Å². The predicted molar refractivity (Wildman–Crippen MR) is 76.7 cm³/mol. The SMILES string of the molecule is CC(C)(C)COc1c(F)cc(Nc2nccs2)cc1F. The lowest BCUT2D eigenvalue weighted by Gasteiger charge is -2.19. The average molecular weight is 298 g/mol. The van der Waals surface area contributed by atoms with Crippen LogP contribution in [0.15, 0.2) is 23.7 Å². The number of ether oxygens (including phenoxy) is 1. The van der Waals surface area contributed by atoms with E-state index in [1.54, 1.807) is 11.6 Å². The molecule has 0 saturated carbocycles. The molecule has 1 heterocycles. The Bertz CT molecular complexity index is 556. The van der Waals surface area contributed by atoms with Crippen molar-refractivity contribution in [3.8, 4) is 5.75 Å². The summed E-state index contributed by atoms with van der Waals surface area (Å²) in [6.07, 6.45) is 1.61. The predicted octanol–water partition coefficient (Wildman–Crippen LogP) is 4.59. The van der Waals surface area contributed by atoms with Crippen LogP contribution < -0.4 is 10.1 Å². The van der Waals surface area contributed by atoms with Gasteiger partial charge in [0, 0.05) is 29.4 Å². The monoisotopic (exact) mass is 298 g/mol. The molecule has 0 atom stereocenters. The molecule has 0 aliphatic carbocycles. The Balaban J connectivity index is 2.16. The first-order valence-electron chi connectivity index (χ1n) is 6.13. The van der Waals surface area contributed by atoms with Gasteiger partial charge in [0.25, 0.3) is 0 Å². The third kappa shape index (κ3) is 3.90. The first-order chi connectivity index (χ1) is 9.35. The molecule has 0 aliphatic heterocycles. The first-order valence-corrected chi connectivity index (χ1v) is 7.01. The van der Waals surface area contributed by atoms with Gasteiger partial charge in [-0.05, 0) is 5.41 Å². The van der Waals surface area contributed by atoms with Crippen LogP contribution in [-0.4, -0.2) is 11.6 Å². The molecular weight excluding hydrogens is 282 g/mol. The van der Waals surface area contributed by atoms with Crippen molar-refractivity contribution < 1.29 is 13.5 Å². The van der Waals surface area contributed by atoms with Crippen molar-refractivity contribution in [2.24, 2.45) is 5.41 Å². The number of anilines is 2. The van der Waals surface area contributed by atoms with E-state index >= 15 is 0 Å². The smallest absolute Gasteiger partial charge is 0.190 e. The van der Waals surface area contributed by atoms with Gasteiger partial charge in [-0.2, -0.15) is 0 Å². The van der Waals surface area contributed by atoms with E-state index in [0.717, 1.165) is 0 Å². The van der Waals surface area contributed by atoms with Crippen molar-refractivity contribution in [3.63, 3.8) is 0 Å². The second-order valence-corrected chi connectivity index (χ2v) is 6.48. The summed E-state index contributed by atoms with van der Waals surface area (Å²) >= 11 is 1.35. The highest BCUT2D eigenvalue weighted by Crippen LogP contribution is 2.29. The highest BCUT2D eigenvalue weighted by molar-refractivity contribution is 7.13. The number of hydrogen-bond acceptors (Lipinski definition) is 4. The van der Waals surface area contributed by atoms with Crippen LogP contribution in [-0.2, 0) is 0 Å². The molecule has 0 saturated heterocycles. The Morgan fingerprint density at radius 3 is 2.40 bits per heavy atom. The van der Waals surface area contributed by atoms with Crippen LogP contribution >= 0.6 is 11.3 Å². The molecule has 20 heavy (non-hydrogen) atoms. The number of halogens is 2. The summed E-state index contributed by atoms with van der Waals surface area (Å²) in [5.41, 5.74) is 0.134. The molecule has 0 unspecified atom stereocenters. The van der Waals surface area contributed by atoms with Gasteiger partial charge in [0.15, 0.2) is 22.5 Å². The van der Waals surface area contributed by atoms with E-state index in [9.17, 15) is 8.78 Å². The van der Waals surface area contributed by atoms with E-state index in [0.29, 0.717) is 10.8 Å². The average Bonchev–Trinajstić information content (AvgIpc) is 2.79. The van der Waals surface area contributed by atoms with Gasteiger partial charge in [-0.1, -0.05) is 20.8 Å². The fourth-order valence-electron chi connectivity index (χ4n) is 1.47. The Morgan fingerprint density at radius 1 is 1.25 bits per heavy atom. The molecule has 0 bridgehead atoms. The number of thiazole rings is 1. The van der Waals surface area contributed by atoms with E-state index in [-0.39, 0.29) is 17.8 Å². The highest BCUT2D eigenvalue weighted by atomic mass is 32.1. The second kappa shape index (κ2) is 5.75. The summed E-state index contributed by atoms with van der Waals surface area (Å²) in [6, 6.07) is 2.39. The molecule has 0 spiro atoms. The van der Waals surface area contributed by atoms with Gasteiger partial charge in [0.1, 0.15) is 0 Å². The maximum atomic E-state index is 13.9. The molecule has 0 amide bonds. The number of benzene rings is 1. The molecule has 6 heteroatoms.